The fourth-order valence-corrected chi connectivity index (χ4v) is 0.108. The molecule has 1 aliphatic rings. The highest BCUT2D eigenvalue weighted by Crippen LogP contribution is 1.72. The molecule has 8 nitrogen and oxygen atoms in total. The van der Waals surface area contributed by atoms with Crippen LogP contribution in [0.15, 0.2) is 5.10 Å². The van der Waals surface area contributed by atoms with Gasteiger partial charge in [0.25, 0.3) is 0 Å². The maximum absolute atomic E-state index is 8.46. The Morgan fingerprint density at radius 3 is 1.91 bits per heavy atom. The molecule has 0 fully saturated rings. The first-order valence-corrected chi connectivity index (χ1v) is 3.38. The minimum atomic E-state index is -0.833. The molecule has 0 aromatic carbocycles. The molecular weight excluding hydrogens is 198 g/mol. The molecule has 0 amide bonds. The summed E-state index contributed by atoms with van der Waals surface area (Å²) in [6.07, 6.45) is 1.15. The van der Waals surface area contributed by atoms with Gasteiger partial charge in [0.05, 0.1) is 0 Å². The largest absolute Gasteiger partial charge is 0.324 e. The Labute approximate surface area is 64.3 Å². The van der Waals surface area contributed by atoms with E-state index in [-0.39, 0.29) is 0 Å². The van der Waals surface area contributed by atoms with Gasteiger partial charge in [-0.1, -0.05) is 0 Å². The maximum atomic E-state index is 8.46. The normalized spacial score (nSPS) is 11.8. The van der Waals surface area contributed by atoms with Gasteiger partial charge in [-0.3, -0.25) is 4.89 Å². The first-order chi connectivity index (χ1) is 5.33. The molecule has 0 atom stereocenters. The molecule has 64 valence electrons. The van der Waals surface area contributed by atoms with Crippen molar-refractivity contribution in [1.82, 2.24) is 5.59 Å². The van der Waals surface area contributed by atoms with Crippen LogP contribution in [0.2, 0.25) is 0 Å². The van der Waals surface area contributed by atoms with Crippen LogP contribution >= 0.6 is 17.4 Å². The van der Waals surface area contributed by atoms with E-state index in [1.165, 1.54) is 0 Å². The van der Waals surface area contributed by atoms with Crippen molar-refractivity contribution >= 4 is 23.8 Å². The van der Waals surface area contributed by atoms with Crippen molar-refractivity contribution in [2.24, 2.45) is 5.10 Å². The molecule has 0 saturated carbocycles. The zero-order valence-electron chi connectivity index (χ0n) is 4.95. The van der Waals surface area contributed by atoms with E-state index in [2.05, 4.69) is 20.6 Å². The van der Waals surface area contributed by atoms with E-state index >= 15 is 0 Å². The Bertz CT molecular complexity index is 105. The highest BCUT2D eigenvalue weighted by molar-refractivity contribution is 7.16. The number of hydrogen-bond acceptors (Lipinski definition) is 6. The van der Waals surface area contributed by atoms with Crippen LogP contribution in [-0.2, 0) is 19.0 Å². The maximum Gasteiger partial charge on any atom is 0.324 e. The highest BCUT2D eigenvalue weighted by Gasteiger charge is 1.82. The number of rotatable bonds is 0. The smallest absolute Gasteiger partial charge is 0.310 e. The predicted molar refractivity (Wildman–Crippen MR) is 33.4 cm³/mol. The van der Waals surface area contributed by atoms with E-state index in [1.54, 1.807) is 0 Å². The van der Waals surface area contributed by atoms with Crippen molar-refractivity contribution in [3.8, 4) is 0 Å². The number of hydrogen-bond donors (Lipinski definition) is 3. The molecule has 1 heterocycles. The second-order valence-corrected chi connectivity index (χ2v) is 0.995. The first-order valence-electron chi connectivity index (χ1n) is 1.85. The molecule has 0 aromatic heterocycles. The Hall–Kier alpha value is -0.650. The van der Waals surface area contributed by atoms with Gasteiger partial charge in [0.15, 0.2) is 0 Å². The summed E-state index contributed by atoms with van der Waals surface area (Å²) in [4.78, 5) is 22.0. The summed E-state index contributed by atoms with van der Waals surface area (Å²) >= 11 is 0. The van der Waals surface area contributed by atoms with E-state index in [1.807, 2.05) is 0 Å². The third-order valence-electron chi connectivity index (χ3n) is 0.234. The highest BCUT2D eigenvalue weighted by atomic mass is 31.1. The zero-order valence-corrected chi connectivity index (χ0v) is 6.74. The van der Waals surface area contributed by atoms with Crippen LogP contribution in [0.25, 0.3) is 0 Å². The molecule has 0 saturated heterocycles. The van der Waals surface area contributed by atoms with Gasteiger partial charge < -0.3 is 9.79 Å². The van der Waals surface area contributed by atoms with Crippen molar-refractivity contribution in [2.75, 3.05) is 0 Å². The van der Waals surface area contributed by atoms with Crippen LogP contribution in [0.1, 0.15) is 0 Å². The van der Waals surface area contributed by atoms with Crippen LogP contribution in [-0.4, -0.2) is 16.2 Å². The lowest BCUT2D eigenvalue weighted by atomic mass is 11.5. The SMILES string of the molecule is C1=NNOO1.O=PO.O=PO. The second-order valence-electron chi connectivity index (χ2n) is 0.669. The topological polar surface area (TPSA) is 117 Å². The summed E-state index contributed by atoms with van der Waals surface area (Å²) in [7, 11) is -1.67. The van der Waals surface area contributed by atoms with Crippen LogP contribution < -0.4 is 5.59 Å². The standard InChI is InChI=1S/CH2N2O2.2HO2P/c1-2-3-5-4-1;2*1-3-2/h1,3H;2*(H,1,2). The monoisotopic (exact) mass is 202 g/mol. The Balaban J connectivity index is 0. The molecule has 0 bridgehead atoms. The van der Waals surface area contributed by atoms with Crippen molar-refractivity contribution in [3.05, 3.63) is 0 Å². The molecule has 3 N–H and O–H groups in total. The van der Waals surface area contributed by atoms with Crippen LogP contribution in [0.5, 0.6) is 0 Å². The Morgan fingerprint density at radius 2 is 1.82 bits per heavy atom. The van der Waals surface area contributed by atoms with Crippen molar-refractivity contribution in [2.45, 2.75) is 0 Å². The molecule has 0 spiro atoms. The summed E-state index contributed by atoms with van der Waals surface area (Å²) in [6, 6.07) is 0. The van der Waals surface area contributed by atoms with E-state index in [9.17, 15) is 0 Å². The molecule has 0 radical (unpaired) electrons. The first kappa shape index (κ1) is 13.0. The van der Waals surface area contributed by atoms with E-state index in [0.29, 0.717) is 0 Å². The molecule has 1 aliphatic heterocycles. The predicted octanol–water partition coefficient (Wildman–Crippen LogP) is -0.233. The van der Waals surface area contributed by atoms with Crippen LogP contribution in [0.3, 0.4) is 0 Å². The quantitative estimate of drug-likeness (QED) is 0.366. The van der Waals surface area contributed by atoms with Crippen molar-refractivity contribution < 1.29 is 28.8 Å². The molecule has 10 heteroatoms. The third kappa shape index (κ3) is 26.7. The van der Waals surface area contributed by atoms with Crippen LogP contribution in [0.4, 0.5) is 0 Å². The van der Waals surface area contributed by atoms with Crippen molar-refractivity contribution in [3.63, 3.8) is 0 Å². The average Bonchev–Trinajstić information content (AvgIpc) is 2.44. The van der Waals surface area contributed by atoms with Gasteiger partial charge in [0, 0.05) is 0 Å². The molecule has 11 heavy (non-hydrogen) atoms. The van der Waals surface area contributed by atoms with Gasteiger partial charge in [-0.15, -0.1) is 10.7 Å². The lowest BCUT2D eigenvalue weighted by Crippen LogP contribution is -1.94. The van der Waals surface area contributed by atoms with Gasteiger partial charge in [0.1, 0.15) is 0 Å². The number of nitrogens with one attached hydrogen (secondary N) is 1. The molecule has 0 unspecified atom stereocenters. The van der Waals surface area contributed by atoms with E-state index in [4.69, 9.17) is 18.9 Å². The average molecular weight is 202 g/mol. The van der Waals surface area contributed by atoms with E-state index in [0.717, 1.165) is 6.40 Å². The minimum absolute atomic E-state index is 0.833. The minimum Gasteiger partial charge on any atom is -0.310 e. The van der Waals surface area contributed by atoms with Crippen LogP contribution in [0, 0.1) is 0 Å². The molecule has 1 rings (SSSR count). The summed E-state index contributed by atoms with van der Waals surface area (Å²) in [6.45, 7) is 0. The van der Waals surface area contributed by atoms with Gasteiger partial charge in [-0.05, 0) is 4.99 Å². The summed E-state index contributed by atoms with van der Waals surface area (Å²) in [5.41, 5.74) is 2.07. The summed E-state index contributed by atoms with van der Waals surface area (Å²) < 4.78 is 16.9. The molecular formula is CH4N2O6P2. The van der Waals surface area contributed by atoms with Crippen molar-refractivity contribution in [1.29, 1.82) is 0 Å². The molecule has 0 aromatic rings. The number of nitrogens with zero attached hydrogens (tertiary/aromatic N) is 1. The van der Waals surface area contributed by atoms with Gasteiger partial charge in [0.2, 0.25) is 6.40 Å². The second kappa shape index (κ2) is 16.2. The summed E-state index contributed by atoms with van der Waals surface area (Å²) in [5, 5.41) is 3.26. The zero-order chi connectivity index (χ0) is 8.95. The lowest BCUT2D eigenvalue weighted by molar-refractivity contribution is -0.245. The number of hydrazone groups is 1. The Morgan fingerprint density at radius 1 is 1.36 bits per heavy atom. The Kier molecular flexibility index (Phi) is 19.1. The van der Waals surface area contributed by atoms with Gasteiger partial charge >= 0.3 is 17.4 Å². The lowest BCUT2D eigenvalue weighted by Gasteiger charge is -1.77. The third-order valence-corrected chi connectivity index (χ3v) is 0.234. The van der Waals surface area contributed by atoms with E-state index < -0.39 is 17.4 Å². The fourth-order valence-electron chi connectivity index (χ4n) is 0.108. The summed E-state index contributed by atoms with van der Waals surface area (Å²) in [5.74, 6) is 0. The fraction of sp³-hybridized carbons (Fsp3) is 0. The molecule has 0 aliphatic carbocycles. The van der Waals surface area contributed by atoms with Gasteiger partial charge in [-0.2, -0.15) is 0 Å². The van der Waals surface area contributed by atoms with Gasteiger partial charge in [-0.25, -0.2) is 9.13 Å².